The second kappa shape index (κ2) is 17.8. The van der Waals surface area contributed by atoms with Gasteiger partial charge in [0.25, 0.3) is 23.7 Å². The second-order valence-electron chi connectivity index (χ2n) is 9.41. The van der Waals surface area contributed by atoms with Crippen molar-refractivity contribution in [2.75, 3.05) is 11.5 Å². The van der Waals surface area contributed by atoms with E-state index < -0.39 is 119 Å². The molecule has 0 fully saturated rings. The number of rotatable bonds is 14. The highest BCUT2D eigenvalue weighted by atomic mass is 36.5. The molecule has 0 aliphatic rings. The van der Waals surface area contributed by atoms with E-state index >= 15 is 0 Å². The molecule has 0 unspecified atom stereocenters. The van der Waals surface area contributed by atoms with Crippen LogP contribution >= 0.6 is 44.2 Å². The van der Waals surface area contributed by atoms with E-state index in [1.54, 1.807) is 0 Å². The summed E-state index contributed by atoms with van der Waals surface area (Å²) in [6.45, 7) is 0. The van der Waals surface area contributed by atoms with Gasteiger partial charge in [0, 0.05) is 51.0 Å². The van der Waals surface area contributed by atoms with Gasteiger partial charge in [-0.1, -0.05) is 0 Å². The number of thioether (sulfide) groups is 1. The third-order valence-corrected chi connectivity index (χ3v) is 6.87. The molecule has 0 aromatic rings. The highest BCUT2D eigenvalue weighted by molar-refractivity contribution is 8.13. The number of hydrogen-bond acceptors (Lipinski definition) is 4. The number of nitriles is 1. The molecule has 0 amide bonds. The number of thiocyanates is 1. The van der Waals surface area contributed by atoms with Crippen LogP contribution in [0.1, 0.15) is 38.5 Å². The summed E-state index contributed by atoms with van der Waals surface area (Å²) in [6.07, 6.45) is -43.2. The van der Waals surface area contributed by atoms with Crippen LogP contribution in [0.4, 0.5) is 96.6 Å². The van der Waals surface area contributed by atoms with Crippen molar-refractivity contribution < 1.29 is 105 Å². The molecule has 0 spiro atoms. The van der Waals surface area contributed by atoms with Crippen LogP contribution in [0.5, 0.6) is 0 Å². The zero-order valence-corrected chi connectivity index (χ0v) is 26.6. The molecule has 0 radical (unpaired) electrons. The summed E-state index contributed by atoms with van der Waals surface area (Å²) in [5, 5.41) is 9.37. The van der Waals surface area contributed by atoms with Gasteiger partial charge in [0.2, 0.25) is 9.05 Å². The zero-order chi connectivity index (χ0) is 40.6. The van der Waals surface area contributed by atoms with Gasteiger partial charge in [-0.15, -0.1) is 0 Å². The average molecular weight is 879 g/mol. The van der Waals surface area contributed by atoms with Gasteiger partial charge < -0.3 is 0 Å². The molecule has 0 aromatic carbocycles. The van der Waals surface area contributed by atoms with Gasteiger partial charge in [-0.2, -0.15) is 57.9 Å². The minimum Gasteiger partial charge on any atom is -0.223 e. The Bertz CT molecular complexity index is 1130. The summed E-state index contributed by atoms with van der Waals surface area (Å²) in [4.78, 5) is 0. The van der Waals surface area contributed by atoms with Crippen molar-refractivity contribution in [2.45, 2.75) is 98.3 Å². The normalized spacial score (nSPS) is 14.7. The number of nitrogens with zero attached hydrogens (tertiary/aromatic N) is 1. The van der Waals surface area contributed by atoms with Gasteiger partial charge in [-0.25, -0.2) is 52.3 Å². The lowest BCUT2D eigenvalue weighted by Crippen LogP contribution is -2.56. The molecule has 49 heavy (non-hydrogen) atoms. The van der Waals surface area contributed by atoms with Crippen LogP contribution in [0, 0.1) is 10.7 Å². The predicted molar refractivity (Wildman–Crippen MR) is 129 cm³/mol. The Kier molecular flexibility index (Phi) is 19.0. The Morgan fingerprint density at radius 2 is 0.755 bits per heavy atom. The van der Waals surface area contributed by atoms with Crippen molar-refractivity contribution in [3.05, 3.63) is 0 Å². The Balaban J connectivity index is -0.000000822. The lowest BCUT2D eigenvalue weighted by atomic mass is 9.92. The largest absolute Gasteiger partial charge is 0.431 e. The molecule has 0 heterocycles. The van der Waals surface area contributed by atoms with Crippen LogP contribution in [-0.2, 0) is 9.05 Å². The first-order valence-corrected chi connectivity index (χ1v) is 15.9. The van der Waals surface area contributed by atoms with E-state index in [-0.39, 0.29) is 11.8 Å². The Morgan fingerprint density at radius 3 is 0.980 bits per heavy atom. The monoisotopic (exact) mass is 877 g/mol. The number of halogens is 25. The first-order valence-electron chi connectivity index (χ1n) is 11.3. The molecular weight excluding hydrogens is 863 g/mol. The first-order chi connectivity index (χ1) is 21.1. The van der Waals surface area contributed by atoms with Crippen LogP contribution in [-0.4, -0.2) is 79.7 Å². The molecule has 296 valence electrons. The predicted octanol–water partition coefficient (Wildman–Crippen LogP) is 11.7. The molecular formula is C19H16Cl3F22NO2S2. The molecule has 0 aliphatic carbocycles. The summed E-state index contributed by atoms with van der Waals surface area (Å²) in [6, 6.07) is 0. The lowest BCUT2D eigenvalue weighted by Gasteiger charge is -2.33. The van der Waals surface area contributed by atoms with E-state index in [1.807, 2.05) is 0 Å². The van der Waals surface area contributed by atoms with E-state index in [0.29, 0.717) is 0 Å². The van der Waals surface area contributed by atoms with Crippen LogP contribution < -0.4 is 0 Å². The fraction of sp³-hybridized carbons (Fsp3) is 0.947. The van der Waals surface area contributed by atoms with Crippen molar-refractivity contribution in [3.63, 3.8) is 0 Å². The van der Waals surface area contributed by atoms with Gasteiger partial charge in [-0.05, 0) is 11.8 Å². The average Bonchev–Trinajstić information content (AvgIpc) is 2.79. The summed E-state index contributed by atoms with van der Waals surface area (Å²) >= 11 is 0.229. The Hall–Kier alpha value is -0.880. The third-order valence-electron chi connectivity index (χ3n) is 5.18. The van der Waals surface area contributed by atoms with E-state index in [9.17, 15) is 105 Å². The van der Waals surface area contributed by atoms with Crippen LogP contribution in [0.15, 0.2) is 0 Å². The smallest absolute Gasteiger partial charge is 0.223 e. The minimum absolute atomic E-state index is 0.229. The first kappa shape index (κ1) is 52.5. The molecule has 0 bridgehead atoms. The standard InChI is InChI=1S/C10H8F11NS.C9H8ClF11O2S.Cl2/c11-6(12,1-2-23-5-22)3-7(13,14)4-8(15,9(16,17)18)10(19,20)21;10-24(22,23)2-1-5(11,12)3-6(13,14)4-7(15,8(16,17)18)9(19,20)21;1-2/h1-4H2;1-4H2;. The highest BCUT2D eigenvalue weighted by Gasteiger charge is 2.76. The van der Waals surface area contributed by atoms with E-state index in [2.05, 4.69) is 32.4 Å². The maximum Gasteiger partial charge on any atom is 0.431 e. The molecule has 0 rings (SSSR count). The molecule has 0 atom stereocenters. The van der Waals surface area contributed by atoms with E-state index in [0.717, 1.165) is 0 Å². The van der Waals surface area contributed by atoms with Crippen molar-refractivity contribution in [2.24, 2.45) is 0 Å². The van der Waals surface area contributed by atoms with Gasteiger partial charge in [0.05, 0.1) is 31.4 Å². The fourth-order valence-electron chi connectivity index (χ4n) is 3.01. The Labute approximate surface area is 278 Å². The molecule has 0 saturated carbocycles. The van der Waals surface area contributed by atoms with Crippen LogP contribution in [0.25, 0.3) is 0 Å². The molecule has 0 saturated heterocycles. The quantitative estimate of drug-likeness (QED) is 0.0755. The zero-order valence-electron chi connectivity index (χ0n) is 22.7. The summed E-state index contributed by atoms with van der Waals surface area (Å²) in [5.74, 6) is -22.1. The topological polar surface area (TPSA) is 57.9 Å². The molecule has 0 aliphatic heterocycles. The highest BCUT2D eigenvalue weighted by Crippen LogP contribution is 2.54. The molecule has 0 aromatic heterocycles. The second-order valence-corrected chi connectivity index (χ2v) is 13.2. The van der Waals surface area contributed by atoms with Gasteiger partial charge in [-0.3, -0.25) is 0 Å². The van der Waals surface area contributed by atoms with E-state index in [4.69, 9.17) is 5.26 Å². The van der Waals surface area contributed by atoms with Gasteiger partial charge in [0.1, 0.15) is 5.40 Å². The number of alkyl halides is 22. The van der Waals surface area contributed by atoms with Crippen LogP contribution in [0.3, 0.4) is 0 Å². The van der Waals surface area contributed by atoms with Crippen LogP contribution in [0.2, 0.25) is 0 Å². The molecule has 0 N–H and O–H groups in total. The Morgan fingerprint density at radius 1 is 0.490 bits per heavy atom. The van der Waals surface area contributed by atoms with E-state index in [1.165, 1.54) is 5.40 Å². The third kappa shape index (κ3) is 18.4. The van der Waals surface area contributed by atoms with Gasteiger partial charge >= 0.3 is 36.0 Å². The van der Waals surface area contributed by atoms with Crippen molar-refractivity contribution in [1.82, 2.24) is 0 Å². The summed E-state index contributed by atoms with van der Waals surface area (Å²) in [5.41, 5.74) is -12.7. The van der Waals surface area contributed by atoms with Crippen molar-refractivity contribution in [3.8, 4) is 5.40 Å². The summed E-state index contributed by atoms with van der Waals surface area (Å²) in [7, 11) is 8.17. The number of hydrogen-bond donors (Lipinski definition) is 0. The van der Waals surface area contributed by atoms with Crippen molar-refractivity contribution in [1.29, 1.82) is 5.26 Å². The van der Waals surface area contributed by atoms with Crippen molar-refractivity contribution >= 4 is 53.2 Å². The lowest BCUT2D eigenvalue weighted by molar-refractivity contribution is -0.356. The molecule has 3 nitrogen and oxygen atoms in total. The maximum atomic E-state index is 13.2. The maximum absolute atomic E-state index is 13.2. The van der Waals surface area contributed by atoms with Gasteiger partial charge in [0.15, 0.2) is 0 Å². The molecule has 30 heteroatoms. The summed E-state index contributed by atoms with van der Waals surface area (Å²) < 4.78 is 298. The minimum atomic E-state index is -6.83. The SMILES string of the molecule is ClCl.N#CSCCC(F)(F)CC(F)(F)CC(F)(C(F)(F)F)C(F)(F)F.O=S(=O)(Cl)CCC(F)(F)CC(F)(F)CC(F)(C(F)(F)F)C(F)(F)F. The fourth-order valence-corrected chi connectivity index (χ4v) is 4.28.